The normalized spacial score (nSPS) is 39.6. The molecule has 0 aromatic carbocycles. The summed E-state index contributed by atoms with van der Waals surface area (Å²) in [5, 5.41) is 3.39. The lowest BCUT2D eigenvalue weighted by Crippen LogP contribution is -2.47. The molecule has 2 saturated heterocycles. The Hall–Kier alpha value is -0.130. The van der Waals surface area contributed by atoms with E-state index in [2.05, 4.69) is 19.2 Å². The molecule has 1 N–H and O–H groups in total. The quantitative estimate of drug-likeness (QED) is 0.827. The zero-order chi connectivity index (χ0) is 12.7. The van der Waals surface area contributed by atoms with Crippen molar-refractivity contribution in [3.05, 3.63) is 0 Å². The highest BCUT2D eigenvalue weighted by molar-refractivity contribution is 7.91. The minimum Gasteiger partial charge on any atom is -0.371 e. The van der Waals surface area contributed by atoms with Crippen molar-refractivity contribution in [3.8, 4) is 0 Å². The van der Waals surface area contributed by atoms with E-state index in [-0.39, 0.29) is 23.0 Å². The van der Waals surface area contributed by atoms with Gasteiger partial charge < -0.3 is 10.1 Å². The van der Waals surface area contributed by atoms with Gasteiger partial charge in [-0.1, -0.05) is 0 Å². The van der Waals surface area contributed by atoms with Crippen molar-refractivity contribution in [1.29, 1.82) is 0 Å². The van der Waals surface area contributed by atoms with Gasteiger partial charge in [-0.2, -0.15) is 0 Å². The van der Waals surface area contributed by atoms with Crippen LogP contribution in [0.15, 0.2) is 0 Å². The zero-order valence-electron chi connectivity index (χ0n) is 11.0. The first-order chi connectivity index (χ1) is 7.70. The largest absolute Gasteiger partial charge is 0.371 e. The fraction of sp³-hybridized carbons (Fsp3) is 1.00. The van der Waals surface area contributed by atoms with Crippen molar-refractivity contribution < 1.29 is 13.2 Å². The number of rotatable bonds is 3. The maximum absolute atomic E-state index is 11.5. The van der Waals surface area contributed by atoms with Crippen LogP contribution in [0, 0.1) is 0 Å². The highest BCUT2D eigenvalue weighted by Crippen LogP contribution is 2.30. The van der Waals surface area contributed by atoms with Crippen molar-refractivity contribution >= 4 is 9.84 Å². The maximum atomic E-state index is 11.5. The van der Waals surface area contributed by atoms with E-state index in [4.69, 9.17) is 4.74 Å². The van der Waals surface area contributed by atoms with Crippen molar-refractivity contribution in [2.24, 2.45) is 0 Å². The summed E-state index contributed by atoms with van der Waals surface area (Å²) in [6.07, 6.45) is 3.08. The predicted octanol–water partition coefficient (Wildman–Crippen LogP) is 1.11. The summed E-state index contributed by atoms with van der Waals surface area (Å²) in [7, 11) is -2.83. The Morgan fingerprint density at radius 2 is 2.00 bits per heavy atom. The zero-order valence-corrected chi connectivity index (χ0v) is 11.8. The van der Waals surface area contributed by atoms with Crippen LogP contribution in [0.3, 0.4) is 0 Å². The summed E-state index contributed by atoms with van der Waals surface area (Å²) >= 11 is 0. The molecule has 0 radical (unpaired) electrons. The third-order valence-corrected chi connectivity index (χ3v) is 5.72. The average Bonchev–Trinajstić information content (AvgIpc) is 2.65. The molecule has 2 rings (SSSR count). The summed E-state index contributed by atoms with van der Waals surface area (Å²) in [5.74, 6) is 0.573. The lowest BCUT2D eigenvalue weighted by Gasteiger charge is -2.27. The lowest BCUT2D eigenvalue weighted by atomic mass is 10.0. The highest BCUT2D eigenvalue weighted by Gasteiger charge is 2.39. The third kappa shape index (κ3) is 3.42. The van der Waals surface area contributed by atoms with Gasteiger partial charge in [0.05, 0.1) is 23.2 Å². The molecule has 0 aromatic heterocycles. The molecule has 0 saturated carbocycles. The molecule has 2 unspecified atom stereocenters. The van der Waals surface area contributed by atoms with Crippen LogP contribution in [0.5, 0.6) is 0 Å². The molecule has 0 bridgehead atoms. The van der Waals surface area contributed by atoms with E-state index in [1.807, 2.05) is 6.92 Å². The highest BCUT2D eigenvalue weighted by atomic mass is 32.2. The standard InChI is InChI=1S/C12H23NO3S/c1-11(2)5-4-10(16-11)8-13-12(3)6-7-17(14,15)9-12/h10,13H,4-9H2,1-3H3. The molecule has 0 spiro atoms. The molecule has 17 heavy (non-hydrogen) atoms. The van der Waals surface area contributed by atoms with Gasteiger partial charge in [-0.15, -0.1) is 0 Å². The molecule has 0 aromatic rings. The number of ether oxygens (including phenoxy) is 1. The number of hydrogen-bond acceptors (Lipinski definition) is 4. The fourth-order valence-electron chi connectivity index (χ4n) is 2.73. The van der Waals surface area contributed by atoms with E-state index in [1.54, 1.807) is 0 Å². The van der Waals surface area contributed by atoms with Crippen LogP contribution >= 0.6 is 0 Å². The molecule has 2 aliphatic rings. The van der Waals surface area contributed by atoms with Crippen molar-refractivity contribution in [3.63, 3.8) is 0 Å². The van der Waals surface area contributed by atoms with Gasteiger partial charge in [-0.3, -0.25) is 0 Å². The van der Waals surface area contributed by atoms with Crippen LogP contribution in [0.4, 0.5) is 0 Å². The Labute approximate surface area is 104 Å². The van der Waals surface area contributed by atoms with Crippen LogP contribution in [0.1, 0.15) is 40.0 Å². The lowest BCUT2D eigenvalue weighted by molar-refractivity contribution is -0.0164. The van der Waals surface area contributed by atoms with Gasteiger partial charge in [0.2, 0.25) is 0 Å². The Balaban J connectivity index is 1.83. The summed E-state index contributed by atoms with van der Waals surface area (Å²) in [6.45, 7) is 6.97. The first-order valence-corrected chi connectivity index (χ1v) is 8.15. The molecular weight excluding hydrogens is 238 g/mol. The first-order valence-electron chi connectivity index (χ1n) is 6.33. The molecule has 2 aliphatic heterocycles. The second-order valence-corrected chi connectivity index (χ2v) is 8.51. The van der Waals surface area contributed by atoms with Crippen LogP contribution in [0.25, 0.3) is 0 Å². The minimum atomic E-state index is -2.83. The smallest absolute Gasteiger partial charge is 0.152 e. The fourth-order valence-corrected chi connectivity index (χ4v) is 4.85. The van der Waals surface area contributed by atoms with Crippen LogP contribution in [0.2, 0.25) is 0 Å². The SMILES string of the molecule is CC1(NCC2CCC(C)(C)O2)CCS(=O)(=O)C1. The molecule has 100 valence electrons. The van der Waals surface area contributed by atoms with Crippen molar-refractivity contribution in [2.75, 3.05) is 18.1 Å². The van der Waals surface area contributed by atoms with Crippen LogP contribution in [-0.4, -0.2) is 43.7 Å². The topological polar surface area (TPSA) is 55.4 Å². The van der Waals surface area contributed by atoms with Crippen LogP contribution in [-0.2, 0) is 14.6 Å². The van der Waals surface area contributed by atoms with Gasteiger partial charge in [0.1, 0.15) is 0 Å². The summed E-state index contributed by atoms with van der Waals surface area (Å²) in [4.78, 5) is 0. The Bertz CT molecular complexity index is 391. The Morgan fingerprint density at radius 1 is 1.29 bits per heavy atom. The molecular formula is C12H23NO3S. The summed E-state index contributed by atoms with van der Waals surface area (Å²) in [6, 6.07) is 0. The number of sulfone groups is 1. The summed E-state index contributed by atoms with van der Waals surface area (Å²) in [5.41, 5.74) is -0.274. The molecule has 2 atom stereocenters. The van der Waals surface area contributed by atoms with Gasteiger partial charge in [-0.05, 0) is 40.0 Å². The van der Waals surface area contributed by atoms with Crippen molar-refractivity contribution in [1.82, 2.24) is 5.32 Å². The van der Waals surface area contributed by atoms with Gasteiger partial charge in [0.25, 0.3) is 0 Å². The molecule has 2 fully saturated rings. The second kappa shape index (κ2) is 4.21. The monoisotopic (exact) mass is 261 g/mol. The van der Waals surface area contributed by atoms with E-state index >= 15 is 0 Å². The Kier molecular flexibility index (Phi) is 3.30. The van der Waals surface area contributed by atoms with E-state index in [0.29, 0.717) is 12.2 Å². The predicted molar refractivity (Wildman–Crippen MR) is 67.9 cm³/mol. The maximum Gasteiger partial charge on any atom is 0.152 e. The van der Waals surface area contributed by atoms with Crippen LogP contribution < -0.4 is 5.32 Å². The second-order valence-electron chi connectivity index (χ2n) is 6.32. The van der Waals surface area contributed by atoms with E-state index < -0.39 is 9.84 Å². The summed E-state index contributed by atoms with van der Waals surface area (Å²) < 4.78 is 28.8. The van der Waals surface area contributed by atoms with Gasteiger partial charge in [0, 0.05) is 12.1 Å². The molecule has 0 aliphatic carbocycles. The van der Waals surface area contributed by atoms with Gasteiger partial charge in [-0.25, -0.2) is 8.42 Å². The first kappa shape index (κ1) is 13.3. The van der Waals surface area contributed by atoms with Gasteiger partial charge in [0.15, 0.2) is 9.84 Å². The molecule has 4 nitrogen and oxygen atoms in total. The van der Waals surface area contributed by atoms with Crippen molar-refractivity contribution in [2.45, 2.75) is 57.3 Å². The third-order valence-electron chi connectivity index (χ3n) is 3.81. The van der Waals surface area contributed by atoms with E-state index in [9.17, 15) is 8.42 Å². The number of hydrogen-bond donors (Lipinski definition) is 1. The molecule has 2 heterocycles. The van der Waals surface area contributed by atoms with E-state index in [1.165, 1.54) is 0 Å². The minimum absolute atomic E-state index is 0.0188. The Morgan fingerprint density at radius 3 is 2.47 bits per heavy atom. The average molecular weight is 261 g/mol. The molecule has 5 heteroatoms. The van der Waals surface area contributed by atoms with E-state index in [0.717, 1.165) is 19.4 Å². The van der Waals surface area contributed by atoms with Gasteiger partial charge >= 0.3 is 0 Å². The molecule has 0 amide bonds. The number of nitrogens with one attached hydrogen (secondary N) is 1.